The van der Waals surface area contributed by atoms with Gasteiger partial charge in [-0.1, -0.05) is 88.2 Å². The highest BCUT2D eigenvalue weighted by Gasteiger charge is 2.34. The quantitative estimate of drug-likeness (QED) is 0.218. The molecule has 0 bridgehead atoms. The molecule has 4 aromatic carbocycles. The lowest BCUT2D eigenvalue weighted by Gasteiger charge is -2.33. The van der Waals surface area contributed by atoms with Crippen LogP contribution in [0.1, 0.15) is 11.1 Å². The van der Waals surface area contributed by atoms with Crippen LogP contribution in [0.3, 0.4) is 0 Å². The van der Waals surface area contributed by atoms with Crippen molar-refractivity contribution in [3.63, 3.8) is 0 Å². The summed E-state index contributed by atoms with van der Waals surface area (Å²) in [5.74, 6) is -1.79. The summed E-state index contributed by atoms with van der Waals surface area (Å²) in [5.41, 5.74) is 1.54. The van der Waals surface area contributed by atoms with E-state index in [1.165, 1.54) is 30.1 Å². The molecule has 2 amide bonds. The predicted molar refractivity (Wildman–Crippen MR) is 165 cm³/mol. The van der Waals surface area contributed by atoms with E-state index in [1.807, 2.05) is 48.5 Å². The molecule has 1 N–H and O–H groups in total. The number of amides is 2. The second kappa shape index (κ2) is 14.0. The van der Waals surface area contributed by atoms with Gasteiger partial charge in [0.25, 0.3) is 10.0 Å². The molecule has 0 radical (unpaired) electrons. The number of hydrogen-bond donors (Lipinski definition) is 1. The van der Waals surface area contributed by atoms with Gasteiger partial charge < -0.3 is 10.2 Å². The van der Waals surface area contributed by atoms with Gasteiger partial charge in [0.1, 0.15) is 18.4 Å². The first-order valence-corrected chi connectivity index (χ1v) is 15.5. The summed E-state index contributed by atoms with van der Waals surface area (Å²) in [5, 5.41) is 2.34. The lowest BCUT2D eigenvalue weighted by Crippen LogP contribution is -2.53. The number of sulfonamides is 1. The van der Waals surface area contributed by atoms with Crippen molar-refractivity contribution >= 4 is 55.1 Å². The van der Waals surface area contributed by atoms with Gasteiger partial charge in [0.2, 0.25) is 11.8 Å². The van der Waals surface area contributed by atoms with Crippen molar-refractivity contribution in [2.24, 2.45) is 0 Å². The Kier molecular flexibility index (Phi) is 10.4. The van der Waals surface area contributed by atoms with Crippen LogP contribution in [0.4, 0.5) is 10.1 Å². The summed E-state index contributed by atoms with van der Waals surface area (Å²) < 4.78 is 43.5. The fraction of sp³-hybridized carbons (Fsp3) is 0.161. The van der Waals surface area contributed by atoms with Crippen LogP contribution < -0.4 is 9.62 Å². The van der Waals surface area contributed by atoms with Crippen molar-refractivity contribution in [3.05, 3.63) is 130 Å². The normalized spacial score (nSPS) is 11.9. The van der Waals surface area contributed by atoms with E-state index in [4.69, 9.17) is 11.6 Å². The molecule has 0 saturated carbocycles. The van der Waals surface area contributed by atoms with Crippen molar-refractivity contribution in [2.45, 2.75) is 23.9 Å². The highest BCUT2D eigenvalue weighted by atomic mass is 79.9. The highest BCUT2D eigenvalue weighted by molar-refractivity contribution is 9.10. The predicted octanol–water partition coefficient (Wildman–Crippen LogP) is 5.82. The number of hydrogen-bond acceptors (Lipinski definition) is 4. The van der Waals surface area contributed by atoms with E-state index >= 15 is 0 Å². The smallest absolute Gasteiger partial charge is 0.264 e. The Labute approximate surface area is 258 Å². The Morgan fingerprint density at radius 1 is 0.905 bits per heavy atom. The third-order valence-electron chi connectivity index (χ3n) is 6.56. The minimum Gasteiger partial charge on any atom is -0.357 e. The van der Waals surface area contributed by atoms with Gasteiger partial charge in [0, 0.05) is 24.5 Å². The lowest BCUT2D eigenvalue weighted by atomic mass is 10.0. The van der Waals surface area contributed by atoms with E-state index in [9.17, 15) is 22.4 Å². The van der Waals surface area contributed by atoms with Crippen molar-refractivity contribution in [1.29, 1.82) is 0 Å². The number of carbonyl (C=O) groups is 2. The molecule has 0 unspecified atom stereocenters. The fourth-order valence-electron chi connectivity index (χ4n) is 4.44. The first-order chi connectivity index (χ1) is 20.1. The monoisotopic (exact) mass is 671 g/mol. The van der Waals surface area contributed by atoms with Gasteiger partial charge in [-0.05, 0) is 53.6 Å². The van der Waals surface area contributed by atoms with Gasteiger partial charge >= 0.3 is 0 Å². The number of halogens is 3. The fourth-order valence-corrected chi connectivity index (χ4v) is 6.49. The maximum Gasteiger partial charge on any atom is 0.264 e. The van der Waals surface area contributed by atoms with E-state index in [0.29, 0.717) is 0 Å². The zero-order valence-electron chi connectivity index (χ0n) is 22.6. The van der Waals surface area contributed by atoms with Gasteiger partial charge in [0.05, 0.1) is 15.6 Å². The maximum atomic E-state index is 14.2. The minimum atomic E-state index is -4.31. The van der Waals surface area contributed by atoms with E-state index < -0.39 is 40.2 Å². The summed E-state index contributed by atoms with van der Waals surface area (Å²) in [4.78, 5) is 28.8. The first kappa shape index (κ1) is 31.2. The number of benzene rings is 4. The third-order valence-corrected chi connectivity index (χ3v) is 9.13. The van der Waals surface area contributed by atoms with Gasteiger partial charge in [-0.3, -0.25) is 13.9 Å². The number of carbonyl (C=O) groups excluding carboxylic acids is 2. The second-order valence-electron chi connectivity index (χ2n) is 9.39. The van der Waals surface area contributed by atoms with Gasteiger partial charge in [-0.15, -0.1) is 0 Å². The Hall–Kier alpha value is -3.73. The summed E-state index contributed by atoms with van der Waals surface area (Å²) in [6.45, 7) is -0.651. The molecule has 42 heavy (non-hydrogen) atoms. The van der Waals surface area contributed by atoms with Crippen LogP contribution in [-0.2, 0) is 32.6 Å². The zero-order chi connectivity index (χ0) is 30.3. The average molecular weight is 673 g/mol. The number of nitrogens with zero attached hydrogens (tertiary/aromatic N) is 2. The molecule has 0 spiro atoms. The molecule has 4 aromatic rings. The molecule has 1 atom stereocenters. The molecule has 7 nitrogen and oxygen atoms in total. The average Bonchev–Trinajstić information content (AvgIpc) is 2.99. The molecule has 0 aliphatic rings. The van der Waals surface area contributed by atoms with Crippen molar-refractivity contribution < 1.29 is 22.4 Å². The Bertz CT molecular complexity index is 1660. The van der Waals surface area contributed by atoms with Crippen molar-refractivity contribution in [2.75, 3.05) is 17.9 Å². The molecule has 4 rings (SSSR count). The standard InChI is InChI=1S/C31H28BrClFN3O4S/c1-35-31(39)29(18-22-9-4-2-5-10-22)36(20-23-11-8-12-24(32)17-23)30(38)21-37(25-15-16-28(34)27(33)19-25)42(40,41)26-13-6-3-7-14-26/h2-17,19,29H,18,20-21H2,1H3,(H,35,39)/t29-/m0/s1. The van der Waals surface area contributed by atoms with E-state index in [0.717, 1.165) is 32.0 Å². The lowest BCUT2D eigenvalue weighted by molar-refractivity contribution is -0.139. The van der Waals surface area contributed by atoms with E-state index in [1.54, 1.807) is 24.3 Å². The molecular formula is C31H28BrClFN3O4S. The Balaban J connectivity index is 1.80. The number of rotatable bonds is 11. The molecule has 0 heterocycles. The van der Waals surface area contributed by atoms with Crippen LogP contribution in [-0.4, -0.2) is 44.8 Å². The summed E-state index contributed by atoms with van der Waals surface area (Å²) >= 11 is 9.47. The summed E-state index contributed by atoms with van der Waals surface area (Å²) in [6, 6.07) is 26.6. The van der Waals surface area contributed by atoms with E-state index in [2.05, 4.69) is 21.2 Å². The van der Waals surface area contributed by atoms with Gasteiger partial charge in [-0.2, -0.15) is 0 Å². The zero-order valence-corrected chi connectivity index (χ0v) is 25.7. The molecule has 0 fully saturated rings. The highest BCUT2D eigenvalue weighted by Crippen LogP contribution is 2.28. The van der Waals surface area contributed by atoms with Gasteiger partial charge in [0.15, 0.2) is 0 Å². The number of nitrogens with one attached hydrogen (secondary N) is 1. The van der Waals surface area contributed by atoms with E-state index in [-0.39, 0.29) is 28.6 Å². The SMILES string of the molecule is CNC(=O)[C@H](Cc1ccccc1)N(Cc1cccc(Br)c1)C(=O)CN(c1ccc(F)c(Cl)c1)S(=O)(=O)c1ccccc1. The van der Waals surface area contributed by atoms with Crippen LogP contribution in [0.5, 0.6) is 0 Å². The van der Waals surface area contributed by atoms with Crippen LogP contribution in [0.15, 0.2) is 112 Å². The summed E-state index contributed by atoms with van der Waals surface area (Å²) in [7, 11) is -2.82. The molecule has 0 aliphatic heterocycles. The largest absolute Gasteiger partial charge is 0.357 e. The molecule has 0 aromatic heterocycles. The molecule has 0 aliphatic carbocycles. The molecular weight excluding hydrogens is 645 g/mol. The Morgan fingerprint density at radius 2 is 1.55 bits per heavy atom. The van der Waals surface area contributed by atoms with Crippen LogP contribution >= 0.6 is 27.5 Å². The number of anilines is 1. The van der Waals surface area contributed by atoms with Crippen LogP contribution in [0, 0.1) is 5.82 Å². The third kappa shape index (κ3) is 7.56. The molecule has 0 saturated heterocycles. The molecule has 218 valence electrons. The minimum absolute atomic E-state index is 0.000519. The molecule has 11 heteroatoms. The second-order valence-corrected chi connectivity index (χ2v) is 12.6. The number of likely N-dealkylation sites (N-methyl/N-ethyl adjacent to an activating group) is 1. The Morgan fingerprint density at radius 3 is 2.17 bits per heavy atom. The maximum absolute atomic E-state index is 14.2. The van der Waals surface area contributed by atoms with Crippen LogP contribution in [0.25, 0.3) is 0 Å². The first-order valence-electron chi connectivity index (χ1n) is 12.9. The topological polar surface area (TPSA) is 86.8 Å². The summed E-state index contributed by atoms with van der Waals surface area (Å²) in [6.07, 6.45) is 0.189. The van der Waals surface area contributed by atoms with Gasteiger partial charge in [-0.25, -0.2) is 12.8 Å². The van der Waals surface area contributed by atoms with Crippen LogP contribution in [0.2, 0.25) is 5.02 Å². The van der Waals surface area contributed by atoms with Crippen molar-refractivity contribution in [3.8, 4) is 0 Å². The van der Waals surface area contributed by atoms with Crippen molar-refractivity contribution in [1.82, 2.24) is 10.2 Å².